The summed E-state index contributed by atoms with van der Waals surface area (Å²) in [4.78, 5) is 0. The molecule has 0 unspecified atom stereocenters. The van der Waals surface area contributed by atoms with E-state index in [9.17, 15) is 0 Å². The Hall–Kier alpha value is -0.530. The molecule has 0 heterocycles. The van der Waals surface area contributed by atoms with Crippen molar-refractivity contribution in [1.82, 2.24) is 0 Å². The predicted molar refractivity (Wildman–Crippen MR) is 46.2 cm³/mol. The van der Waals surface area contributed by atoms with Crippen molar-refractivity contribution >= 4 is 11.6 Å². The number of hydrogen-bond acceptors (Lipinski definition) is 1. The van der Waals surface area contributed by atoms with Crippen molar-refractivity contribution in [3.63, 3.8) is 0 Å². The van der Waals surface area contributed by atoms with Crippen LogP contribution in [0.25, 0.3) is 0 Å². The Bertz CT molecular complexity index is 101. The summed E-state index contributed by atoms with van der Waals surface area (Å²) in [6.45, 7) is 0.585. The maximum Gasteiger partial charge on any atom is 0.0346 e. The van der Waals surface area contributed by atoms with E-state index in [2.05, 4.69) is 0 Å². The molecule has 56 valence electrons. The summed E-state index contributed by atoms with van der Waals surface area (Å²) in [5.41, 5.74) is 4.90. The molecular formula is C8H12ClN. The fourth-order valence-electron chi connectivity index (χ4n) is 0.385. The van der Waals surface area contributed by atoms with Gasteiger partial charge in [-0.25, -0.2) is 0 Å². The summed E-state index contributed by atoms with van der Waals surface area (Å²) in [6.07, 6.45) is 0. The molecule has 0 aliphatic carbocycles. The van der Waals surface area contributed by atoms with Gasteiger partial charge in [-0.2, -0.15) is 0 Å². The Kier molecular flexibility index (Phi) is 8.02. The number of halogens is 1. The van der Waals surface area contributed by atoms with E-state index in [1.807, 2.05) is 36.4 Å². The van der Waals surface area contributed by atoms with E-state index in [1.165, 1.54) is 0 Å². The van der Waals surface area contributed by atoms with Crippen LogP contribution in [0, 0.1) is 0 Å². The van der Waals surface area contributed by atoms with Crippen molar-refractivity contribution in [2.24, 2.45) is 5.73 Å². The van der Waals surface area contributed by atoms with Crippen molar-refractivity contribution in [3.8, 4) is 0 Å². The lowest BCUT2D eigenvalue weighted by molar-refractivity contribution is 1.14. The molecule has 1 aromatic carbocycles. The zero-order valence-electron chi connectivity index (χ0n) is 5.83. The lowest BCUT2D eigenvalue weighted by Crippen LogP contribution is -1.97. The molecule has 0 saturated carbocycles. The van der Waals surface area contributed by atoms with Crippen molar-refractivity contribution in [1.29, 1.82) is 0 Å². The first kappa shape index (κ1) is 9.47. The SMILES string of the molecule is NCCCl.c1ccccc1. The van der Waals surface area contributed by atoms with E-state index in [0.29, 0.717) is 12.4 Å². The van der Waals surface area contributed by atoms with E-state index in [-0.39, 0.29) is 0 Å². The first-order chi connectivity index (χ1) is 4.91. The van der Waals surface area contributed by atoms with E-state index in [4.69, 9.17) is 17.3 Å². The van der Waals surface area contributed by atoms with Crippen LogP contribution >= 0.6 is 11.6 Å². The molecule has 0 aliphatic heterocycles. The van der Waals surface area contributed by atoms with Crippen LogP contribution in [-0.2, 0) is 0 Å². The number of benzene rings is 1. The van der Waals surface area contributed by atoms with Gasteiger partial charge in [0.25, 0.3) is 0 Å². The Morgan fingerprint density at radius 3 is 1.20 bits per heavy atom. The average molecular weight is 158 g/mol. The molecule has 0 saturated heterocycles. The predicted octanol–water partition coefficient (Wildman–Crippen LogP) is 1.87. The summed E-state index contributed by atoms with van der Waals surface area (Å²) >= 11 is 5.06. The van der Waals surface area contributed by atoms with Crippen molar-refractivity contribution in [2.45, 2.75) is 0 Å². The molecule has 0 aromatic heterocycles. The van der Waals surface area contributed by atoms with Gasteiger partial charge in [-0.3, -0.25) is 0 Å². The molecule has 1 rings (SSSR count). The molecule has 0 radical (unpaired) electrons. The van der Waals surface area contributed by atoms with E-state index in [1.54, 1.807) is 0 Å². The lowest BCUT2D eigenvalue weighted by Gasteiger charge is -1.69. The minimum atomic E-state index is 0.569. The Labute approximate surface area is 66.8 Å². The van der Waals surface area contributed by atoms with Gasteiger partial charge in [0.2, 0.25) is 0 Å². The van der Waals surface area contributed by atoms with Crippen LogP contribution in [0.4, 0.5) is 0 Å². The second-order valence-electron chi connectivity index (χ2n) is 1.63. The molecular weight excluding hydrogens is 146 g/mol. The molecule has 1 aromatic rings. The van der Waals surface area contributed by atoms with Gasteiger partial charge in [0.15, 0.2) is 0 Å². The number of rotatable bonds is 1. The molecule has 0 bridgehead atoms. The number of hydrogen-bond donors (Lipinski definition) is 1. The van der Waals surface area contributed by atoms with Gasteiger partial charge in [-0.05, 0) is 0 Å². The first-order valence-electron chi connectivity index (χ1n) is 3.18. The standard InChI is InChI=1S/C6H6.C2H6ClN/c1-2-4-6-5-3-1;3-1-2-4/h1-6H;1-2,4H2. The van der Waals surface area contributed by atoms with E-state index >= 15 is 0 Å². The Morgan fingerprint density at radius 1 is 0.900 bits per heavy atom. The highest BCUT2D eigenvalue weighted by Gasteiger charge is 1.58. The van der Waals surface area contributed by atoms with Crippen LogP contribution in [0.3, 0.4) is 0 Å². The minimum Gasteiger partial charge on any atom is -0.329 e. The largest absolute Gasteiger partial charge is 0.329 e. The summed E-state index contributed by atoms with van der Waals surface area (Å²) in [5.74, 6) is 0.569. The summed E-state index contributed by atoms with van der Waals surface area (Å²) in [6, 6.07) is 12.0. The normalized spacial score (nSPS) is 7.80. The zero-order valence-corrected chi connectivity index (χ0v) is 6.59. The molecule has 2 N–H and O–H groups in total. The molecule has 10 heavy (non-hydrogen) atoms. The molecule has 1 nitrogen and oxygen atoms in total. The van der Waals surface area contributed by atoms with Crippen molar-refractivity contribution in [3.05, 3.63) is 36.4 Å². The fraction of sp³-hybridized carbons (Fsp3) is 0.250. The van der Waals surface area contributed by atoms with Crippen molar-refractivity contribution < 1.29 is 0 Å². The van der Waals surface area contributed by atoms with Gasteiger partial charge in [0.05, 0.1) is 0 Å². The van der Waals surface area contributed by atoms with Gasteiger partial charge >= 0.3 is 0 Å². The molecule has 0 spiro atoms. The average Bonchev–Trinajstić information content (AvgIpc) is 2.08. The quantitative estimate of drug-likeness (QED) is 0.619. The summed E-state index contributed by atoms with van der Waals surface area (Å²) in [5, 5.41) is 0. The maximum atomic E-state index is 5.06. The van der Waals surface area contributed by atoms with E-state index < -0.39 is 0 Å². The van der Waals surface area contributed by atoms with Crippen LogP contribution in [0.15, 0.2) is 36.4 Å². The highest BCUT2D eigenvalue weighted by molar-refractivity contribution is 6.18. The summed E-state index contributed by atoms with van der Waals surface area (Å²) < 4.78 is 0. The van der Waals surface area contributed by atoms with Gasteiger partial charge in [0, 0.05) is 12.4 Å². The second kappa shape index (κ2) is 8.47. The minimum absolute atomic E-state index is 0.569. The van der Waals surface area contributed by atoms with E-state index in [0.717, 1.165) is 0 Å². The molecule has 2 heteroatoms. The Morgan fingerprint density at radius 2 is 1.10 bits per heavy atom. The number of alkyl halides is 1. The summed E-state index contributed by atoms with van der Waals surface area (Å²) in [7, 11) is 0. The Balaban J connectivity index is 0.000000180. The smallest absolute Gasteiger partial charge is 0.0346 e. The van der Waals surface area contributed by atoms with Crippen LogP contribution in [-0.4, -0.2) is 12.4 Å². The van der Waals surface area contributed by atoms with Crippen LogP contribution < -0.4 is 5.73 Å². The van der Waals surface area contributed by atoms with Crippen LogP contribution in [0.5, 0.6) is 0 Å². The zero-order chi connectivity index (χ0) is 7.66. The van der Waals surface area contributed by atoms with Crippen LogP contribution in [0.2, 0.25) is 0 Å². The third kappa shape index (κ3) is 7.47. The highest BCUT2D eigenvalue weighted by atomic mass is 35.5. The highest BCUT2D eigenvalue weighted by Crippen LogP contribution is 1.79. The second-order valence-corrected chi connectivity index (χ2v) is 2.01. The van der Waals surface area contributed by atoms with Gasteiger partial charge < -0.3 is 5.73 Å². The molecule has 0 aliphatic rings. The monoisotopic (exact) mass is 157 g/mol. The third-order valence-electron chi connectivity index (χ3n) is 0.776. The fourth-order valence-corrected chi connectivity index (χ4v) is 0.385. The van der Waals surface area contributed by atoms with Gasteiger partial charge in [-0.1, -0.05) is 36.4 Å². The first-order valence-corrected chi connectivity index (χ1v) is 3.71. The molecule has 0 fully saturated rings. The molecule has 0 amide bonds. The van der Waals surface area contributed by atoms with Crippen molar-refractivity contribution in [2.75, 3.05) is 12.4 Å². The number of nitrogens with two attached hydrogens (primary N) is 1. The van der Waals surface area contributed by atoms with Crippen LogP contribution in [0.1, 0.15) is 0 Å². The third-order valence-corrected chi connectivity index (χ3v) is 0.994. The van der Waals surface area contributed by atoms with Gasteiger partial charge in [0.1, 0.15) is 0 Å². The maximum absolute atomic E-state index is 5.06. The topological polar surface area (TPSA) is 26.0 Å². The van der Waals surface area contributed by atoms with Gasteiger partial charge in [-0.15, -0.1) is 11.6 Å². The molecule has 0 atom stereocenters. The lowest BCUT2D eigenvalue weighted by atomic mass is 10.4.